The molecular weight excluding hydrogens is 250 g/mol. The predicted octanol–water partition coefficient (Wildman–Crippen LogP) is 2.65. The van der Waals surface area contributed by atoms with Crippen molar-refractivity contribution in [2.24, 2.45) is 0 Å². The molecule has 1 aromatic carbocycles. The quantitative estimate of drug-likeness (QED) is 0.849. The molecule has 4 heteroatoms. The molecule has 1 amide bonds. The highest BCUT2D eigenvalue weighted by Gasteiger charge is 2.13. The van der Waals surface area contributed by atoms with E-state index in [-0.39, 0.29) is 5.91 Å². The molecule has 20 heavy (non-hydrogen) atoms. The smallest absolute Gasteiger partial charge is 0.227 e. The summed E-state index contributed by atoms with van der Waals surface area (Å²) in [6, 6.07) is 11.4. The maximum Gasteiger partial charge on any atom is 0.227 e. The van der Waals surface area contributed by atoms with Gasteiger partial charge in [0.15, 0.2) is 0 Å². The van der Waals surface area contributed by atoms with Gasteiger partial charge < -0.3 is 10.6 Å². The highest BCUT2D eigenvalue weighted by atomic mass is 16.2. The van der Waals surface area contributed by atoms with Crippen molar-refractivity contribution in [1.29, 1.82) is 0 Å². The number of aromatic nitrogens is 1. The summed E-state index contributed by atoms with van der Waals surface area (Å²) in [5, 5.41) is 0. The van der Waals surface area contributed by atoms with E-state index in [4.69, 9.17) is 5.73 Å². The van der Waals surface area contributed by atoms with E-state index in [1.165, 1.54) is 0 Å². The third kappa shape index (κ3) is 3.57. The molecule has 0 fully saturated rings. The number of nitrogens with two attached hydrogens (primary N) is 1. The minimum Gasteiger partial charge on any atom is -0.399 e. The number of carbonyl (C=O) groups is 1. The van der Waals surface area contributed by atoms with Crippen molar-refractivity contribution >= 4 is 17.3 Å². The van der Waals surface area contributed by atoms with Crippen molar-refractivity contribution in [3.63, 3.8) is 0 Å². The number of benzene rings is 1. The van der Waals surface area contributed by atoms with Gasteiger partial charge in [-0.05, 0) is 43.2 Å². The molecule has 0 aliphatic heterocycles. The average molecular weight is 269 g/mol. The molecule has 0 radical (unpaired) electrons. The van der Waals surface area contributed by atoms with Crippen molar-refractivity contribution in [3.05, 3.63) is 54.4 Å². The molecule has 0 spiro atoms. The van der Waals surface area contributed by atoms with E-state index in [9.17, 15) is 4.79 Å². The van der Waals surface area contributed by atoms with Crippen molar-refractivity contribution in [2.45, 2.75) is 19.8 Å². The van der Waals surface area contributed by atoms with Crippen LogP contribution in [-0.4, -0.2) is 17.4 Å². The molecule has 2 N–H and O–H groups in total. The van der Waals surface area contributed by atoms with Crippen LogP contribution in [0.5, 0.6) is 0 Å². The third-order valence-electron chi connectivity index (χ3n) is 3.20. The van der Waals surface area contributed by atoms with Crippen molar-refractivity contribution in [2.75, 3.05) is 17.2 Å². The lowest BCUT2D eigenvalue weighted by atomic mass is 10.1. The molecule has 0 saturated carbocycles. The van der Waals surface area contributed by atoms with E-state index in [0.717, 1.165) is 23.4 Å². The van der Waals surface area contributed by atoms with Gasteiger partial charge in [-0.25, -0.2) is 0 Å². The molecule has 0 bridgehead atoms. The van der Waals surface area contributed by atoms with Crippen LogP contribution in [0.4, 0.5) is 11.4 Å². The SMILES string of the molecule is CCN(C(=O)CCc1ccc(N)cc1)c1ccncc1. The Morgan fingerprint density at radius 1 is 1.15 bits per heavy atom. The van der Waals surface area contributed by atoms with Crippen molar-refractivity contribution in [1.82, 2.24) is 4.98 Å². The van der Waals surface area contributed by atoms with Gasteiger partial charge in [-0.1, -0.05) is 12.1 Å². The number of nitrogens with zero attached hydrogens (tertiary/aromatic N) is 2. The topological polar surface area (TPSA) is 59.2 Å². The van der Waals surface area contributed by atoms with Crippen LogP contribution in [0.3, 0.4) is 0 Å². The fourth-order valence-electron chi connectivity index (χ4n) is 2.10. The summed E-state index contributed by atoms with van der Waals surface area (Å²) in [4.78, 5) is 18.0. The second-order valence-corrected chi connectivity index (χ2v) is 4.58. The number of rotatable bonds is 5. The van der Waals surface area contributed by atoms with Crippen LogP contribution < -0.4 is 10.6 Å². The van der Waals surface area contributed by atoms with Gasteiger partial charge in [0, 0.05) is 36.7 Å². The van der Waals surface area contributed by atoms with Gasteiger partial charge in [-0.2, -0.15) is 0 Å². The van der Waals surface area contributed by atoms with Gasteiger partial charge in [0.25, 0.3) is 0 Å². The Morgan fingerprint density at radius 2 is 1.80 bits per heavy atom. The second kappa shape index (κ2) is 6.70. The molecule has 4 nitrogen and oxygen atoms in total. The van der Waals surface area contributed by atoms with E-state index >= 15 is 0 Å². The Kier molecular flexibility index (Phi) is 4.71. The number of aryl methyl sites for hydroxylation is 1. The lowest BCUT2D eigenvalue weighted by molar-refractivity contribution is -0.118. The van der Waals surface area contributed by atoms with E-state index in [1.807, 2.05) is 43.3 Å². The molecule has 0 saturated heterocycles. The molecule has 0 unspecified atom stereocenters. The molecule has 0 atom stereocenters. The number of nitrogen functional groups attached to an aromatic ring is 1. The summed E-state index contributed by atoms with van der Waals surface area (Å²) < 4.78 is 0. The first-order valence-corrected chi connectivity index (χ1v) is 6.75. The number of anilines is 2. The van der Waals surface area contributed by atoms with Crippen LogP contribution in [0, 0.1) is 0 Å². The van der Waals surface area contributed by atoms with Gasteiger partial charge in [-0.3, -0.25) is 9.78 Å². The largest absolute Gasteiger partial charge is 0.399 e. The molecular formula is C16H19N3O. The first kappa shape index (κ1) is 14.1. The van der Waals surface area contributed by atoms with Gasteiger partial charge in [0.2, 0.25) is 5.91 Å². The summed E-state index contributed by atoms with van der Waals surface area (Å²) in [5.41, 5.74) is 8.41. The molecule has 2 rings (SSSR count). The summed E-state index contributed by atoms with van der Waals surface area (Å²) in [7, 11) is 0. The molecule has 1 heterocycles. The maximum absolute atomic E-state index is 12.3. The Hall–Kier alpha value is -2.36. The molecule has 2 aromatic rings. The number of carbonyl (C=O) groups excluding carboxylic acids is 1. The minimum absolute atomic E-state index is 0.121. The number of hydrogen-bond donors (Lipinski definition) is 1. The fraction of sp³-hybridized carbons (Fsp3) is 0.250. The predicted molar refractivity (Wildman–Crippen MR) is 81.4 cm³/mol. The first-order chi connectivity index (χ1) is 9.70. The third-order valence-corrected chi connectivity index (χ3v) is 3.20. The zero-order chi connectivity index (χ0) is 14.4. The Bertz CT molecular complexity index is 552. The molecule has 0 aliphatic carbocycles. The number of pyridine rings is 1. The summed E-state index contributed by atoms with van der Waals surface area (Å²) >= 11 is 0. The highest BCUT2D eigenvalue weighted by molar-refractivity contribution is 5.93. The number of hydrogen-bond acceptors (Lipinski definition) is 3. The standard InChI is InChI=1S/C16H19N3O/c1-2-19(15-9-11-18-12-10-15)16(20)8-5-13-3-6-14(17)7-4-13/h3-4,6-7,9-12H,2,5,8,17H2,1H3. The summed E-state index contributed by atoms with van der Waals surface area (Å²) in [6.45, 7) is 2.63. The molecule has 104 valence electrons. The lowest BCUT2D eigenvalue weighted by Gasteiger charge is -2.20. The van der Waals surface area contributed by atoms with Gasteiger partial charge in [0.1, 0.15) is 0 Å². The van der Waals surface area contributed by atoms with Crippen LogP contribution in [0.1, 0.15) is 18.9 Å². The normalized spacial score (nSPS) is 10.2. The van der Waals surface area contributed by atoms with Crippen LogP contribution >= 0.6 is 0 Å². The van der Waals surface area contributed by atoms with Gasteiger partial charge in [0.05, 0.1) is 0 Å². The average Bonchev–Trinajstić information content (AvgIpc) is 2.48. The Labute approximate surface area is 119 Å². The first-order valence-electron chi connectivity index (χ1n) is 6.75. The molecule has 0 aliphatic rings. The minimum atomic E-state index is 0.121. The Balaban J connectivity index is 1.98. The zero-order valence-electron chi connectivity index (χ0n) is 11.6. The van der Waals surface area contributed by atoms with Crippen LogP contribution in [0.2, 0.25) is 0 Å². The summed E-state index contributed by atoms with van der Waals surface area (Å²) in [5.74, 6) is 0.121. The van der Waals surface area contributed by atoms with Crippen molar-refractivity contribution in [3.8, 4) is 0 Å². The van der Waals surface area contributed by atoms with Crippen molar-refractivity contribution < 1.29 is 4.79 Å². The molecule has 1 aromatic heterocycles. The Morgan fingerprint density at radius 3 is 2.40 bits per heavy atom. The highest BCUT2D eigenvalue weighted by Crippen LogP contribution is 2.15. The van der Waals surface area contributed by atoms with Crippen LogP contribution in [0.25, 0.3) is 0 Å². The van der Waals surface area contributed by atoms with E-state index < -0.39 is 0 Å². The van der Waals surface area contributed by atoms with E-state index in [0.29, 0.717) is 13.0 Å². The number of amides is 1. The fourth-order valence-corrected chi connectivity index (χ4v) is 2.10. The zero-order valence-corrected chi connectivity index (χ0v) is 11.6. The van der Waals surface area contributed by atoms with Gasteiger partial charge >= 0.3 is 0 Å². The second-order valence-electron chi connectivity index (χ2n) is 4.58. The van der Waals surface area contributed by atoms with E-state index in [1.54, 1.807) is 17.3 Å². The van der Waals surface area contributed by atoms with Crippen LogP contribution in [0.15, 0.2) is 48.8 Å². The van der Waals surface area contributed by atoms with E-state index in [2.05, 4.69) is 4.98 Å². The van der Waals surface area contributed by atoms with Gasteiger partial charge in [-0.15, -0.1) is 0 Å². The summed E-state index contributed by atoms with van der Waals surface area (Å²) in [6.07, 6.45) is 4.61. The lowest BCUT2D eigenvalue weighted by Crippen LogP contribution is -2.30. The monoisotopic (exact) mass is 269 g/mol. The van der Waals surface area contributed by atoms with Crippen LogP contribution in [-0.2, 0) is 11.2 Å². The maximum atomic E-state index is 12.3.